The SMILES string of the molecule is CC(C)(CN/C=C1/C=CC=CC1=O)N/C=C1/C=CC=CC1=O.[O]=[V]. The van der Waals surface area contributed by atoms with Crippen LogP contribution in [-0.4, -0.2) is 23.7 Å². The Morgan fingerprint density at radius 3 is 1.83 bits per heavy atom. The van der Waals surface area contributed by atoms with Crippen molar-refractivity contribution in [1.82, 2.24) is 10.6 Å². The van der Waals surface area contributed by atoms with Gasteiger partial charge in [-0.1, -0.05) is 24.3 Å². The van der Waals surface area contributed by atoms with Crippen molar-refractivity contribution in [3.8, 4) is 0 Å². The van der Waals surface area contributed by atoms with Crippen LogP contribution in [0.5, 0.6) is 0 Å². The monoisotopic (exact) mass is 363 g/mol. The first kappa shape index (κ1) is 19.8. The summed E-state index contributed by atoms with van der Waals surface area (Å²) in [6.07, 6.45) is 17.2. The van der Waals surface area contributed by atoms with Crippen molar-refractivity contribution in [2.45, 2.75) is 19.4 Å². The molecule has 0 heterocycles. The maximum absolute atomic E-state index is 11.6. The van der Waals surface area contributed by atoms with Crippen molar-refractivity contribution in [1.29, 1.82) is 0 Å². The third-order valence-corrected chi connectivity index (χ3v) is 3.26. The van der Waals surface area contributed by atoms with Gasteiger partial charge in [-0.3, -0.25) is 9.59 Å². The fourth-order valence-electron chi connectivity index (χ4n) is 1.94. The topological polar surface area (TPSA) is 75.3 Å². The molecule has 0 radical (unpaired) electrons. The van der Waals surface area contributed by atoms with Crippen LogP contribution in [0.1, 0.15) is 13.8 Å². The Kier molecular flexibility index (Phi) is 8.09. The maximum atomic E-state index is 11.6. The summed E-state index contributed by atoms with van der Waals surface area (Å²) in [6, 6.07) is 0. The molecule has 0 atom stereocenters. The number of rotatable bonds is 5. The normalized spacial score (nSPS) is 19.4. The number of carbonyl (C=O) groups excluding carboxylic acids is 2. The molecule has 0 aliphatic heterocycles. The van der Waals surface area contributed by atoms with E-state index in [2.05, 4.69) is 10.6 Å². The number of nitrogens with one attached hydrogen (secondary N) is 2. The van der Waals surface area contributed by atoms with Crippen molar-refractivity contribution in [2.75, 3.05) is 6.54 Å². The number of carbonyl (C=O) groups is 2. The molecule has 0 aromatic heterocycles. The molecular formula is C18H20N2O3V. The third-order valence-electron chi connectivity index (χ3n) is 3.26. The van der Waals surface area contributed by atoms with Crippen molar-refractivity contribution < 1.29 is 30.6 Å². The predicted octanol–water partition coefficient (Wildman–Crippen LogP) is 1.98. The molecule has 0 aromatic carbocycles. The summed E-state index contributed by atoms with van der Waals surface area (Å²) >= 11 is 1.06. The zero-order valence-electron chi connectivity index (χ0n) is 13.7. The van der Waals surface area contributed by atoms with Crippen LogP contribution in [0.25, 0.3) is 0 Å². The Morgan fingerprint density at radius 1 is 0.875 bits per heavy atom. The van der Waals surface area contributed by atoms with Gasteiger partial charge in [0.2, 0.25) is 0 Å². The van der Waals surface area contributed by atoms with E-state index in [1.54, 1.807) is 36.7 Å². The summed E-state index contributed by atoms with van der Waals surface area (Å²) in [7, 11) is 0. The molecule has 2 aliphatic carbocycles. The van der Waals surface area contributed by atoms with Crippen molar-refractivity contribution in [2.24, 2.45) is 0 Å². The molecule has 0 saturated heterocycles. The molecule has 6 heteroatoms. The van der Waals surface area contributed by atoms with Crippen LogP contribution in [0.4, 0.5) is 0 Å². The van der Waals surface area contributed by atoms with Crippen LogP contribution >= 0.6 is 0 Å². The van der Waals surface area contributed by atoms with E-state index in [-0.39, 0.29) is 17.1 Å². The molecule has 0 unspecified atom stereocenters. The van der Waals surface area contributed by atoms with E-state index in [1.807, 2.05) is 26.0 Å². The Bertz CT molecular complexity index is 668. The van der Waals surface area contributed by atoms with Gasteiger partial charge in [0.25, 0.3) is 0 Å². The van der Waals surface area contributed by atoms with E-state index in [0.717, 1.165) is 17.4 Å². The number of hydrogen-bond acceptors (Lipinski definition) is 5. The van der Waals surface area contributed by atoms with E-state index in [9.17, 15) is 9.59 Å². The first-order valence-electron chi connectivity index (χ1n) is 7.36. The van der Waals surface area contributed by atoms with E-state index in [0.29, 0.717) is 17.7 Å². The Labute approximate surface area is 151 Å². The number of hydrogen-bond donors (Lipinski definition) is 2. The van der Waals surface area contributed by atoms with E-state index < -0.39 is 0 Å². The second-order valence-electron chi connectivity index (χ2n) is 5.77. The third kappa shape index (κ3) is 6.48. The average Bonchev–Trinajstić information content (AvgIpc) is 2.58. The molecule has 5 nitrogen and oxygen atoms in total. The summed E-state index contributed by atoms with van der Waals surface area (Å²) in [4.78, 5) is 23.2. The summed E-state index contributed by atoms with van der Waals surface area (Å²) in [5.74, 6) is -0.0155. The average molecular weight is 363 g/mol. The van der Waals surface area contributed by atoms with Crippen LogP contribution in [0, 0.1) is 0 Å². The van der Waals surface area contributed by atoms with Gasteiger partial charge < -0.3 is 10.6 Å². The predicted molar refractivity (Wildman–Crippen MR) is 88.6 cm³/mol. The second-order valence-corrected chi connectivity index (χ2v) is 5.77. The van der Waals surface area contributed by atoms with Gasteiger partial charge in [-0.2, -0.15) is 0 Å². The molecule has 0 bridgehead atoms. The fraction of sp³-hybridized carbons (Fsp3) is 0.222. The molecular weight excluding hydrogens is 343 g/mol. The van der Waals surface area contributed by atoms with Gasteiger partial charge in [0.1, 0.15) is 0 Å². The zero-order valence-corrected chi connectivity index (χ0v) is 15.0. The van der Waals surface area contributed by atoms with Gasteiger partial charge in [-0.05, 0) is 38.2 Å². The Morgan fingerprint density at radius 2 is 1.33 bits per heavy atom. The zero-order chi connectivity index (χ0) is 18.0. The van der Waals surface area contributed by atoms with E-state index in [4.69, 9.17) is 3.67 Å². The Balaban J connectivity index is 0.00000139. The molecule has 0 saturated carbocycles. The number of ketones is 2. The van der Waals surface area contributed by atoms with Gasteiger partial charge in [-0.15, -0.1) is 0 Å². The Hall–Kier alpha value is -2.24. The molecule has 0 aromatic rings. The molecule has 2 rings (SSSR count). The van der Waals surface area contributed by atoms with Crippen molar-refractivity contribution in [3.05, 3.63) is 72.2 Å². The van der Waals surface area contributed by atoms with Crippen LogP contribution < -0.4 is 10.6 Å². The van der Waals surface area contributed by atoms with E-state index in [1.165, 1.54) is 12.2 Å². The van der Waals surface area contributed by atoms with Crippen LogP contribution in [-0.2, 0) is 30.6 Å². The van der Waals surface area contributed by atoms with Crippen LogP contribution in [0.2, 0.25) is 0 Å². The van der Waals surface area contributed by atoms with Gasteiger partial charge >= 0.3 is 21.0 Å². The summed E-state index contributed by atoms with van der Waals surface area (Å²) in [6.45, 7) is 4.64. The summed E-state index contributed by atoms with van der Waals surface area (Å²) in [5.41, 5.74) is 0.994. The van der Waals surface area contributed by atoms with Crippen molar-refractivity contribution in [3.63, 3.8) is 0 Å². The van der Waals surface area contributed by atoms with Crippen LogP contribution in [0.15, 0.2) is 72.2 Å². The number of allylic oxidation sites excluding steroid dienone is 10. The standard InChI is InChI=1S/C18H20N2O2.O.V/c1-18(2,20-12-15-8-4-6-10-17(15)22)13-19-11-14-7-3-5-9-16(14)21;;/h3-12,19-20H,13H2,1-2H3;;/b14-11-,15-12-;;. The first-order valence-corrected chi connectivity index (χ1v) is 7.93. The summed E-state index contributed by atoms with van der Waals surface area (Å²) in [5, 5.41) is 6.38. The molecule has 0 fully saturated rings. The second kappa shape index (κ2) is 9.80. The van der Waals surface area contributed by atoms with Gasteiger partial charge in [0.05, 0.1) is 0 Å². The van der Waals surface area contributed by atoms with Gasteiger partial charge in [0.15, 0.2) is 11.6 Å². The quantitative estimate of drug-likeness (QED) is 0.731. The molecule has 2 aliphatic rings. The molecule has 0 amide bonds. The van der Waals surface area contributed by atoms with Crippen molar-refractivity contribution >= 4 is 11.6 Å². The van der Waals surface area contributed by atoms with Gasteiger partial charge in [-0.25, -0.2) is 0 Å². The van der Waals surface area contributed by atoms with Gasteiger partial charge in [0, 0.05) is 35.6 Å². The first-order chi connectivity index (χ1) is 11.5. The molecule has 24 heavy (non-hydrogen) atoms. The molecule has 0 spiro atoms. The molecule has 2 N–H and O–H groups in total. The fourth-order valence-corrected chi connectivity index (χ4v) is 1.94. The molecule has 125 valence electrons. The summed E-state index contributed by atoms with van der Waals surface area (Å²) < 4.78 is 8.19. The minimum atomic E-state index is -0.267. The minimum absolute atomic E-state index is 0.00684. The van der Waals surface area contributed by atoms with E-state index >= 15 is 0 Å². The van der Waals surface area contributed by atoms with Crippen LogP contribution in [0.3, 0.4) is 0 Å².